The lowest BCUT2D eigenvalue weighted by Gasteiger charge is -2.24. The van der Waals surface area contributed by atoms with E-state index in [1.807, 2.05) is 24.6 Å². The molecular weight excluding hydrogens is 192 g/mol. The lowest BCUT2D eigenvalue weighted by atomic mass is 10.1. The zero-order valence-electron chi connectivity index (χ0n) is 9.23. The van der Waals surface area contributed by atoms with Crippen molar-refractivity contribution in [3.63, 3.8) is 0 Å². The summed E-state index contributed by atoms with van der Waals surface area (Å²) in [6, 6.07) is 0. The van der Waals surface area contributed by atoms with Crippen molar-refractivity contribution >= 4 is 5.91 Å². The van der Waals surface area contributed by atoms with Gasteiger partial charge >= 0.3 is 0 Å². The van der Waals surface area contributed by atoms with Crippen molar-refractivity contribution in [2.24, 2.45) is 5.73 Å². The number of rotatable bonds is 5. The molecule has 0 aromatic carbocycles. The highest BCUT2D eigenvalue weighted by Gasteiger charge is 2.17. The molecule has 84 valence electrons. The first-order valence-electron chi connectivity index (χ1n) is 5.00. The Labute approximate surface area is 89.7 Å². The summed E-state index contributed by atoms with van der Waals surface area (Å²) in [5.74, 6) is 0.0131. The van der Waals surface area contributed by atoms with Crippen molar-refractivity contribution in [1.82, 2.24) is 14.9 Å². The second kappa shape index (κ2) is 4.93. The molecule has 0 aliphatic rings. The minimum absolute atomic E-state index is 0.0131. The lowest BCUT2D eigenvalue weighted by molar-refractivity contribution is -0.122. The van der Waals surface area contributed by atoms with Crippen LogP contribution in [0, 0.1) is 0 Å². The SMILES string of the molecule is CC(C)(CN)NC(=O)CCn1ccnc1. The van der Waals surface area contributed by atoms with Crippen LogP contribution in [0.2, 0.25) is 0 Å². The highest BCUT2D eigenvalue weighted by atomic mass is 16.1. The standard InChI is InChI=1S/C10H18N4O/c1-10(2,7-11)13-9(15)3-5-14-6-4-12-8-14/h4,6,8H,3,5,7,11H2,1-2H3,(H,13,15). The molecule has 5 nitrogen and oxygen atoms in total. The minimum Gasteiger partial charge on any atom is -0.350 e. The number of aryl methyl sites for hydroxylation is 1. The minimum atomic E-state index is -0.327. The van der Waals surface area contributed by atoms with Gasteiger partial charge in [-0.05, 0) is 13.8 Å². The monoisotopic (exact) mass is 210 g/mol. The Morgan fingerprint density at radius 3 is 2.87 bits per heavy atom. The summed E-state index contributed by atoms with van der Waals surface area (Å²) in [6.07, 6.45) is 5.67. The van der Waals surface area contributed by atoms with Gasteiger partial charge in [0, 0.05) is 37.4 Å². The molecule has 0 radical (unpaired) electrons. The van der Waals surface area contributed by atoms with Crippen LogP contribution in [-0.4, -0.2) is 27.5 Å². The number of nitrogens with zero attached hydrogens (tertiary/aromatic N) is 2. The molecule has 15 heavy (non-hydrogen) atoms. The molecule has 0 spiro atoms. The number of carbonyl (C=O) groups excluding carboxylic acids is 1. The predicted molar refractivity (Wildman–Crippen MR) is 58.1 cm³/mol. The summed E-state index contributed by atoms with van der Waals surface area (Å²) in [5, 5.41) is 2.87. The quantitative estimate of drug-likeness (QED) is 0.725. The van der Waals surface area contributed by atoms with Crippen LogP contribution in [0.25, 0.3) is 0 Å². The van der Waals surface area contributed by atoms with Gasteiger partial charge in [-0.2, -0.15) is 0 Å². The van der Waals surface area contributed by atoms with E-state index in [0.717, 1.165) is 0 Å². The number of amides is 1. The third kappa shape index (κ3) is 4.12. The number of hydrogen-bond acceptors (Lipinski definition) is 3. The molecule has 0 unspecified atom stereocenters. The van der Waals surface area contributed by atoms with Crippen LogP contribution in [0.15, 0.2) is 18.7 Å². The van der Waals surface area contributed by atoms with Crippen LogP contribution < -0.4 is 11.1 Å². The van der Waals surface area contributed by atoms with Crippen molar-refractivity contribution in [3.05, 3.63) is 18.7 Å². The van der Waals surface area contributed by atoms with Gasteiger partial charge in [0.2, 0.25) is 5.91 Å². The van der Waals surface area contributed by atoms with Gasteiger partial charge in [-0.15, -0.1) is 0 Å². The highest BCUT2D eigenvalue weighted by Crippen LogP contribution is 1.99. The molecule has 0 atom stereocenters. The Morgan fingerprint density at radius 2 is 2.33 bits per heavy atom. The second-order valence-electron chi connectivity index (χ2n) is 4.19. The van der Waals surface area contributed by atoms with E-state index >= 15 is 0 Å². The normalized spacial score (nSPS) is 11.4. The van der Waals surface area contributed by atoms with E-state index in [1.54, 1.807) is 12.5 Å². The van der Waals surface area contributed by atoms with Gasteiger partial charge in [0.15, 0.2) is 0 Å². The fourth-order valence-electron chi connectivity index (χ4n) is 1.14. The first kappa shape index (κ1) is 11.7. The first-order chi connectivity index (χ1) is 7.03. The Hall–Kier alpha value is -1.36. The molecule has 1 rings (SSSR count). The van der Waals surface area contributed by atoms with E-state index in [2.05, 4.69) is 10.3 Å². The molecule has 1 amide bonds. The number of nitrogens with one attached hydrogen (secondary N) is 1. The van der Waals surface area contributed by atoms with Crippen LogP contribution in [0.4, 0.5) is 0 Å². The van der Waals surface area contributed by atoms with E-state index in [4.69, 9.17) is 5.73 Å². The summed E-state index contributed by atoms with van der Waals surface area (Å²) in [4.78, 5) is 15.4. The largest absolute Gasteiger partial charge is 0.350 e. The number of aromatic nitrogens is 2. The zero-order valence-corrected chi connectivity index (χ0v) is 9.23. The van der Waals surface area contributed by atoms with Crippen molar-refractivity contribution in [3.8, 4) is 0 Å². The number of nitrogens with two attached hydrogens (primary N) is 1. The molecular formula is C10H18N4O. The average Bonchev–Trinajstić information content (AvgIpc) is 2.66. The maximum Gasteiger partial charge on any atom is 0.222 e. The molecule has 0 saturated carbocycles. The summed E-state index contributed by atoms with van der Waals surface area (Å²) in [6.45, 7) is 4.89. The first-order valence-corrected chi connectivity index (χ1v) is 5.00. The topological polar surface area (TPSA) is 72.9 Å². The van der Waals surface area contributed by atoms with Gasteiger partial charge in [-0.1, -0.05) is 0 Å². The van der Waals surface area contributed by atoms with Crippen molar-refractivity contribution in [2.45, 2.75) is 32.4 Å². The number of imidazole rings is 1. The maximum absolute atomic E-state index is 11.5. The summed E-state index contributed by atoms with van der Waals surface area (Å²) < 4.78 is 1.87. The van der Waals surface area contributed by atoms with Crippen LogP contribution in [0.5, 0.6) is 0 Å². The highest BCUT2D eigenvalue weighted by molar-refractivity contribution is 5.76. The molecule has 3 N–H and O–H groups in total. The van der Waals surface area contributed by atoms with Crippen molar-refractivity contribution < 1.29 is 4.79 Å². The van der Waals surface area contributed by atoms with Crippen LogP contribution in [-0.2, 0) is 11.3 Å². The van der Waals surface area contributed by atoms with E-state index in [1.165, 1.54) is 0 Å². The van der Waals surface area contributed by atoms with Crippen LogP contribution >= 0.6 is 0 Å². The predicted octanol–water partition coefficient (Wildman–Crippen LogP) is 0.127. The Morgan fingerprint density at radius 1 is 1.60 bits per heavy atom. The fourth-order valence-corrected chi connectivity index (χ4v) is 1.14. The molecule has 0 fully saturated rings. The van der Waals surface area contributed by atoms with E-state index in [0.29, 0.717) is 19.5 Å². The van der Waals surface area contributed by atoms with Gasteiger partial charge in [-0.25, -0.2) is 4.98 Å². The molecule has 1 heterocycles. The Balaban J connectivity index is 2.31. The van der Waals surface area contributed by atoms with Gasteiger partial charge in [0.25, 0.3) is 0 Å². The smallest absolute Gasteiger partial charge is 0.222 e. The zero-order chi connectivity index (χ0) is 11.3. The molecule has 0 saturated heterocycles. The number of carbonyl (C=O) groups is 1. The third-order valence-corrected chi connectivity index (χ3v) is 2.14. The number of hydrogen-bond donors (Lipinski definition) is 2. The van der Waals surface area contributed by atoms with Crippen molar-refractivity contribution in [2.75, 3.05) is 6.54 Å². The van der Waals surface area contributed by atoms with E-state index < -0.39 is 0 Å². The third-order valence-electron chi connectivity index (χ3n) is 2.14. The maximum atomic E-state index is 11.5. The van der Waals surface area contributed by atoms with Gasteiger partial charge in [0.1, 0.15) is 0 Å². The molecule has 5 heteroatoms. The molecule has 1 aromatic rings. The molecule has 0 aliphatic heterocycles. The fraction of sp³-hybridized carbons (Fsp3) is 0.600. The average molecular weight is 210 g/mol. The van der Waals surface area contributed by atoms with E-state index in [-0.39, 0.29) is 11.4 Å². The van der Waals surface area contributed by atoms with Gasteiger partial charge in [0.05, 0.1) is 6.33 Å². The van der Waals surface area contributed by atoms with E-state index in [9.17, 15) is 4.79 Å². The summed E-state index contributed by atoms with van der Waals surface area (Å²) in [7, 11) is 0. The summed E-state index contributed by atoms with van der Waals surface area (Å²) >= 11 is 0. The van der Waals surface area contributed by atoms with Gasteiger partial charge < -0.3 is 15.6 Å². The van der Waals surface area contributed by atoms with Crippen LogP contribution in [0.3, 0.4) is 0 Å². The summed E-state index contributed by atoms with van der Waals surface area (Å²) in [5.41, 5.74) is 5.19. The van der Waals surface area contributed by atoms with Crippen molar-refractivity contribution in [1.29, 1.82) is 0 Å². The Kier molecular flexibility index (Phi) is 3.85. The molecule has 1 aromatic heterocycles. The lowest BCUT2D eigenvalue weighted by Crippen LogP contribution is -2.48. The molecule has 0 aliphatic carbocycles. The Bertz CT molecular complexity index is 305. The van der Waals surface area contributed by atoms with Gasteiger partial charge in [-0.3, -0.25) is 4.79 Å². The molecule has 0 bridgehead atoms. The second-order valence-corrected chi connectivity index (χ2v) is 4.19. The van der Waals surface area contributed by atoms with Crippen LogP contribution in [0.1, 0.15) is 20.3 Å².